The molecule has 0 saturated carbocycles. The van der Waals surface area contributed by atoms with Gasteiger partial charge >= 0.3 is 0 Å². The standard InChI is InChI=1S/C20H23N5O2/c1-14-22-17-12-16(3-4-18(17)23(14)2)20(27)25-9-7-24(8-10-25)19(26)11-15-5-6-21-13-15/h3-6,12-13,21H,7-11H2,1-2H3. The Labute approximate surface area is 157 Å². The first-order valence-electron chi connectivity index (χ1n) is 9.15. The molecule has 1 aromatic carbocycles. The quantitative estimate of drug-likeness (QED) is 0.768. The number of carbonyl (C=O) groups excluding carboxylic acids is 2. The molecular formula is C20H23N5O2. The maximum absolute atomic E-state index is 12.9. The van der Waals surface area contributed by atoms with Gasteiger partial charge in [0, 0.05) is 51.2 Å². The predicted octanol–water partition coefficient (Wildman–Crippen LogP) is 1.74. The summed E-state index contributed by atoms with van der Waals surface area (Å²) in [7, 11) is 1.97. The zero-order chi connectivity index (χ0) is 19.0. The van der Waals surface area contributed by atoms with Crippen molar-refractivity contribution in [2.24, 2.45) is 7.05 Å². The lowest BCUT2D eigenvalue weighted by Crippen LogP contribution is -2.51. The van der Waals surface area contributed by atoms with Crippen LogP contribution in [0.4, 0.5) is 0 Å². The summed E-state index contributed by atoms with van der Waals surface area (Å²) in [6, 6.07) is 7.57. The summed E-state index contributed by atoms with van der Waals surface area (Å²) in [4.78, 5) is 36.4. The SMILES string of the molecule is Cc1nc2cc(C(=O)N3CCN(C(=O)Cc4cc[nH]c4)CC3)ccc2n1C. The van der Waals surface area contributed by atoms with Gasteiger partial charge in [0.05, 0.1) is 17.5 Å². The third-order valence-electron chi connectivity index (χ3n) is 5.29. The minimum atomic E-state index is -0.00191. The topological polar surface area (TPSA) is 74.2 Å². The third kappa shape index (κ3) is 3.32. The molecule has 1 saturated heterocycles. The highest BCUT2D eigenvalue weighted by Crippen LogP contribution is 2.18. The molecule has 0 aliphatic carbocycles. The van der Waals surface area contributed by atoms with Crippen LogP contribution in [-0.2, 0) is 18.3 Å². The number of hydrogen-bond donors (Lipinski definition) is 1. The van der Waals surface area contributed by atoms with Crippen molar-refractivity contribution in [1.82, 2.24) is 24.3 Å². The molecule has 0 unspecified atom stereocenters. The molecule has 1 N–H and O–H groups in total. The monoisotopic (exact) mass is 365 g/mol. The van der Waals surface area contributed by atoms with Crippen LogP contribution in [0, 0.1) is 6.92 Å². The van der Waals surface area contributed by atoms with Gasteiger partial charge in [-0.2, -0.15) is 0 Å². The number of aryl methyl sites for hydroxylation is 2. The number of aromatic amines is 1. The number of rotatable bonds is 3. The zero-order valence-electron chi connectivity index (χ0n) is 15.6. The summed E-state index contributed by atoms with van der Waals surface area (Å²) in [5, 5.41) is 0. The number of amides is 2. The van der Waals surface area contributed by atoms with E-state index >= 15 is 0 Å². The summed E-state index contributed by atoms with van der Waals surface area (Å²) in [6.07, 6.45) is 4.05. The molecule has 7 heteroatoms. The second-order valence-electron chi connectivity index (χ2n) is 6.99. The highest BCUT2D eigenvalue weighted by Gasteiger charge is 2.25. The fourth-order valence-electron chi connectivity index (χ4n) is 3.55. The largest absolute Gasteiger partial charge is 0.367 e. The number of nitrogens with zero attached hydrogens (tertiary/aromatic N) is 4. The molecule has 0 spiro atoms. The summed E-state index contributed by atoms with van der Waals surface area (Å²) in [5.74, 6) is 1.02. The van der Waals surface area contributed by atoms with Crippen molar-refractivity contribution in [3.63, 3.8) is 0 Å². The number of nitrogens with one attached hydrogen (secondary N) is 1. The Balaban J connectivity index is 1.40. The van der Waals surface area contributed by atoms with Crippen LogP contribution in [-0.4, -0.2) is 62.3 Å². The van der Waals surface area contributed by atoms with Gasteiger partial charge in [0.25, 0.3) is 5.91 Å². The maximum Gasteiger partial charge on any atom is 0.254 e. The van der Waals surface area contributed by atoms with E-state index in [4.69, 9.17) is 0 Å². The minimum Gasteiger partial charge on any atom is -0.367 e. The summed E-state index contributed by atoms with van der Waals surface area (Å²) >= 11 is 0. The normalized spacial score (nSPS) is 14.7. The van der Waals surface area contributed by atoms with Crippen molar-refractivity contribution in [3.8, 4) is 0 Å². The Hall–Kier alpha value is -3.09. The van der Waals surface area contributed by atoms with E-state index < -0.39 is 0 Å². The fourth-order valence-corrected chi connectivity index (χ4v) is 3.55. The van der Waals surface area contributed by atoms with Crippen LogP contribution in [0.5, 0.6) is 0 Å². The van der Waals surface area contributed by atoms with Crippen molar-refractivity contribution in [3.05, 3.63) is 53.6 Å². The summed E-state index contributed by atoms with van der Waals surface area (Å²) in [6.45, 7) is 4.19. The lowest BCUT2D eigenvalue weighted by Gasteiger charge is -2.34. The van der Waals surface area contributed by atoms with Crippen LogP contribution in [0.2, 0.25) is 0 Å². The van der Waals surface area contributed by atoms with Crippen molar-refractivity contribution in [1.29, 1.82) is 0 Å². The number of hydrogen-bond acceptors (Lipinski definition) is 3. The van der Waals surface area contributed by atoms with Crippen LogP contribution in [0.15, 0.2) is 36.7 Å². The van der Waals surface area contributed by atoms with Crippen LogP contribution in [0.1, 0.15) is 21.7 Å². The molecular weight excluding hydrogens is 342 g/mol. The van der Waals surface area contributed by atoms with Gasteiger partial charge < -0.3 is 19.4 Å². The van der Waals surface area contributed by atoms with E-state index in [1.165, 1.54) is 0 Å². The van der Waals surface area contributed by atoms with E-state index in [0.29, 0.717) is 38.2 Å². The van der Waals surface area contributed by atoms with E-state index in [9.17, 15) is 9.59 Å². The first-order valence-corrected chi connectivity index (χ1v) is 9.15. The lowest BCUT2D eigenvalue weighted by atomic mass is 10.1. The molecule has 0 atom stereocenters. The molecule has 0 radical (unpaired) electrons. The third-order valence-corrected chi connectivity index (χ3v) is 5.29. The first-order chi connectivity index (χ1) is 13.0. The number of aromatic nitrogens is 3. The van der Waals surface area contributed by atoms with E-state index in [1.54, 1.807) is 0 Å². The molecule has 7 nitrogen and oxygen atoms in total. The van der Waals surface area contributed by atoms with Gasteiger partial charge in [-0.3, -0.25) is 9.59 Å². The molecule has 4 rings (SSSR count). The Morgan fingerprint density at radius 3 is 2.56 bits per heavy atom. The smallest absolute Gasteiger partial charge is 0.254 e. The van der Waals surface area contributed by atoms with Crippen molar-refractivity contribution in [2.75, 3.05) is 26.2 Å². The van der Waals surface area contributed by atoms with Crippen LogP contribution in [0.25, 0.3) is 11.0 Å². The van der Waals surface area contributed by atoms with E-state index in [0.717, 1.165) is 22.4 Å². The maximum atomic E-state index is 12.9. The Morgan fingerprint density at radius 1 is 1.11 bits per heavy atom. The van der Waals surface area contributed by atoms with Crippen molar-refractivity contribution in [2.45, 2.75) is 13.3 Å². The van der Waals surface area contributed by atoms with Crippen LogP contribution >= 0.6 is 0 Å². The molecule has 0 bridgehead atoms. The summed E-state index contributed by atoms with van der Waals surface area (Å²) < 4.78 is 2.01. The summed E-state index contributed by atoms with van der Waals surface area (Å²) in [5.41, 5.74) is 3.48. The Bertz CT molecular complexity index is 981. The van der Waals surface area contributed by atoms with E-state index in [2.05, 4.69) is 9.97 Å². The lowest BCUT2D eigenvalue weighted by molar-refractivity contribution is -0.131. The fraction of sp³-hybridized carbons (Fsp3) is 0.350. The predicted molar refractivity (Wildman–Crippen MR) is 102 cm³/mol. The molecule has 1 aliphatic rings. The number of H-pyrrole nitrogens is 1. The molecule has 1 aliphatic heterocycles. The average molecular weight is 365 g/mol. The van der Waals surface area contributed by atoms with Crippen molar-refractivity contribution >= 4 is 22.8 Å². The Kier molecular flexibility index (Phi) is 4.43. The van der Waals surface area contributed by atoms with E-state index in [1.807, 2.05) is 65.0 Å². The van der Waals surface area contributed by atoms with Gasteiger partial charge in [-0.25, -0.2) is 4.98 Å². The number of carbonyl (C=O) groups is 2. The average Bonchev–Trinajstić information content (AvgIpc) is 3.29. The molecule has 3 aromatic rings. The minimum absolute atomic E-state index is 0.00191. The Morgan fingerprint density at radius 2 is 1.85 bits per heavy atom. The van der Waals surface area contributed by atoms with E-state index in [-0.39, 0.29) is 11.8 Å². The zero-order valence-corrected chi connectivity index (χ0v) is 15.6. The number of imidazole rings is 1. The first kappa shape index (κ1) is 17.3. The molecule has 1 fully saturated rings. The highest BCUT2D eigenvalue weighted by molar-refractivity contribution is 5.97. The van der Waals surface area contributed by atoms with Gasteiger partial charge in [-0.05, 0) is 36.8 Å². The molecule has 3 heterocycles. The van der Waals surface area contributed by atoms with Crippen LogP contribution in [0.3, 0.4) is 0 Å². The second-order valence-corrected chi connectivity index (χ2v) is 6.99. The van der Waals surface area contributed by atoms with Gasteiger partial charge in [-0.1, -0.05) is 0 Å². The van der Waals surface area contributed by atoms with Crippen molar-refractivity contribution < 1.29 is 9.59 Å². The number of piperazine rings is 1. The highest BCUT2D eigenvalue weighted by atomic mass is 16.2. The molecule has 2 amide bonds. The number of fused-ring (bicyclic) bond motifs is 1. The molecule has 27 heavy (non-hydrogen) atoms. The van der Waals surface area contributed by atoms with Gasteiger partial charge in [-0.15, -0.1) is 0 Å². The van der Waals surface area contributed by atoms with Crippen LogP contribution < -0.4 is 0 Å². The molecule has 2 aromatic heterocycles. The van der Waals surface area contributed by atoms with Gasteiger partial charge in [0.1, 0.15) is 5.82 Å². The number of benzene rings is 1. The van der Waals surface area contributed by atoms with Gasteiger partial charge in [0.2, 0.25) is 5.91 Å². The molecule has 140 valence electrons. The second kappa shape index (κ2) is 6.90. The van der Waals surface area contributed by atoms with Gasteiger partial charge in [0.15, 0.2) is 0 Å².